The summed E-state index contributed by atoms with van der Waals surface area (Å²) in [4.78, 5) is 0. The Balaban J connectivity index is 1.72. The lowest BCUT2D eigenvalue weighted by molar-refractivity contribution is 0.590. The highest BCUT2D eigenvalue weighted by molar-refractivity contribution is 7.98. The number of halogens is 1. The largest absolute Gasteiger partial charge is 0.270 e. The molecule has 0 spiro atoms. The minimum Gasteiger partial charge on any atom is -0.270 e. The van der Waals surface area contributed by atoms with Crippen LogP contribution < -0.4 is 0 Å². The van der Waals surface area contributed by atoms with Crippen molar-refractivity contribution in [2.75, 3.05) is 0 Å². The monoisotopic (exact) mass is 475 g/mol. The lowest BCUT2D eigenvalue weighted by Gasteiger charge is -2.19. The van der Waals surface area contributed by atoms with Crippen LogP contribution in [0.1, 0.15) is 57.2 Å². The van der Waals surface area contributed by atoms with Crippen molar-refractivity contribution in [2.45, 2.75) is 56.9 Å². The summed E-state index contributed by atoms with van der Waals surface area (Å²) >= 11 is 7.73. The molecule has 3 nitrogen and oxygen atoms in total. The van der Waals surface area contributed by atoms with Crippen molar-refractivity contribution in [3.8, 4) is 17.1 Å². The molecule has 4 rings (SSSR count). The molecule has 5 heteroatoms. The van der Waals surface area contributed by atoms with E-state index in [0.717, 1.165) is 33.0 Å². The number of thioether (sulfide) groups is 1. The van der Waals surface area contributed by atoms with Crippen molar-refractivity contribution in [2.24, 2.45) is 0 Å². The lowest BCUT2D eigenvalue weighted by atomic mass is 9.87. The predicted octanol–water partition coefficient (Wildman–Crippen LogP) is 8.30. The van der Waals surface area contributed by atoms with Crippen LogP contribution in [0.4, 0.5) is 0 Å². The third-order valence-electron chi connectivity index (χ3n) is 5.74. The van der Waals surface area contributed by atoms with Crippen LogP contribution in [0.2, 0.25) is 5.02 Å². The summed E-state index contributed by atoms with van der Waals surface area (Å²) in [6, 6.07) is 25.4. The minimum absolute atomic E-state index is 0.110. The van der Waals surface area contributed by atoms with E-state index in [9.17, 15) is 0 Å². The molecule has 0 aliphatic carbocycles. The molecule has 0 N–H and O–H groups in total. The zero-order chi connectivity index (χ0) is 23.6. The van der Waals surface area contributed by atoms with Crippen molar-refractivity contribution < 1.29 is 0 Å². The first-order valence-electron chi connectivity index (χ1n) is 11.3. The molecular formula is C28H30ClN3S. The van der Waals surface area contributed by atoms with Gasteiger partial charge in [0.05, 0.1) is 0 Å². The van der Waals surface area contributed by atoms with Gasteiger partial charge >= 0.3 is 0 Å². The number of aromatic nitrogens is 3. The smallest absolute Gasteiger partial charge is 0.196 e. The van der Waals surface area contributed by atoms with Crippen LogP contribution in [0.15, 0.2) is 78.0 Å². The molecule has 0 amide bonds. The normalized spacial score (nSPS) is 11.8. The lowest BCUT2D eigenvalue weighted by Crippen LogP contribution is -2.10. The Bertz CT molecular complexity index is 1200. The van der Waals surface area contributed by atoms with Crippen molar-refractivity contribution in [3.63, 3.8) is 0 Å². The SMILES string of the molecule is CC(C)c1ccc(-n2c(SCc3ccc(Cl)cc3)nnc2-c2ccc(C(C)(C)C)cc2)cc1. The van der Waals surface area contributed by atoms with Crippen molar-refractivity contribution in [1.82, 2.24) is 14.8 Å². The van der Waals surface area contributed by atoms with Gasteiger partial charge in [0.2, 0.25) is 0 Å². The maximum absolute atomic E-state index is 6.05. The molecule has 0 bridgehead atoms. The molecule has 0 unspecified atom stereocenters. The van der Waals surface area contributed by atoms with Gasteiger partial charge < -0.3 is 0 Å². The molecule has 0 saturated carbocycles. The van der Waals surface area contributed by atoms with Gasteiger partial charge in [-0.2, -0.15) is 0 Å². The molecule has 0 aliphatic heterocycles. The molecule has 0 aliphatic rings. The van der Waals surface area contributed by atoms with Gasteiger partial charge in [0.15, 0.2) is 11.0 Å². The van der Waals surface area contributed by atoms with Gasteiger partial charge in [-0.1, -0.05) is 107 Å². The highest BCUT2D eigenvalue weighted by Crippen LogP contribution is 2.32. The first-order chi connectivity index (χ1) is 15.7. The molecule has 0 fully saturated rings. The molecule has 4 aromatic rings. The fourth-order valence-electron chi connectivity index (χ4n) is 3.64. The summed E-state index contributed by atoms with van der Waals surface area (Å²) in [5.74, 6) is 2.14. The standard InChI is InChI=1S/C28H30ClN3S/c1-19(2)21-10-16-25(17-11-21)32-26(22-8-12-23(13-9-22)28(3,4)5)30-31-27(32)33-18-20-6-14-24(29)15-7-20/h6-17,19H,18H2,1-5H3. The Morgan fingerprint density at radius 2 is 1.48 bits per heavy atom. The Hall–Kier alpha value is -2.56. The minimum atomic E-state index is 0.110. The average Bonchev–Trinajstić information content (AvgIpc) is 3.22. The van der Waals surface area contributed by atoms with Gasteiger partial charge in [-0.25, -0.2) is 0 Å². The van der Waals surface area contributed by atoms with Gasteiger partial charge in [0.1, 0.15) is 0 Å². The summed E-state index contributed by atoms with van der Waals surface area (Å²) in [7, 11) is 0. The summed E-state index contributed by atoms with van der Waals surface area (Å²) in [6.45, 7) is 11.1. The molecular weight excluding hydrogens is 446 g/mol. The quantitative estimate of drug-likeness (QED) is 0.263. The topological polar surface area (TPSA) is 30.7 Å². The summed E-state index contributed by atoms with van der Waals surface area (Å²) in [5.41, 5.74) is 6.05. The number of nitrogens with zero attached hydrogens (tertiary/aromatic N) is 3. The van der Waals surface area contributed by atoms with Gasteiger partial charge in [-0.15, -0.1) is 10.2 Å². The molecule has 1 heterocycles. The van der Waals surface area contributed by atoms with E-state index in [4.69, 9.17) is 11.6 Å². The van der Waals surface area contributed by atoms with Crippen LogP contribution in [-0.2, 0) is 11.2 Å². The molecule has 170 valence electrons. The predicted molar refractivity (Wildman–Crippen MR) is 141 cm³/mol. The first-order valence-corrected chi connectivity index (χ1v) is 12.6. The number of hydrogen-bond acceptors (Lipinski definition) is 3. The second-order valence-corrected chi connectivity index (χ2v) is 11.0. The van der Waals surface area contributed by atoms with Crippen molar-refractivity contribution >= 4 is 23.4 Å². The number of benzene rings is 3. The molecule has 3 aromatic carbocycles. The first kappa shape index (κ1) is 23.6. The van der Waals surface area contributed by atoms with E-state index in [0.29, 0.717) is 5.92 Å². The maximum Gasteiger partial charge on any atom is 0.196 e. The third-order valence-corrected chi connectivity index (χ3v) is 6.99. The Labute approximate surface area is 206 Å². The summed E-state index contributed by atoms with van der Waals surface area (Å²) < 4.78 is 2.16. The molecule has 1 aromatic heterocycles. The Kier molecular flexibility index (Phi) is 6.96. The Morgan fingerprint density at radius 1 is 0.848 bits per heavy atom. The molecule has 33 heavy (non-hydrogen) atoms. The maximum atomic E-state index is 6.05. The fourth-order valence-corrected chi connectivity index (χ4v) is 4.67. The van der Waals surface area contributed by atoms with E-state index in [2.05, 4.69) is 110 Å². The average molecular weight is 476 g/mol. The summed E-state index contributed by atoms with van der Waals surface area (Å²) in [6.07, 6.45) is 0. The number of hydrogen-bond donors (Lipinski definition) is 0. The van der Waals surface area contributed by atoms with E-state index in [1.54, 1.807) is 11.8 Å². The van der Waals surface area contributed by atoms with Gasteiger partial charge in [0.25, 0.3) is 0 Å². The van der Waals surface area contributed by atoms with Crippen molar-refractivity contribution in [3.05, 3.63) is 94.5 Å². The van der Waals surface area contributed by atoms with Gasteiger partial charge in [-0.05, 0) is 52.3 Å². The van der Waals surface area contributed by atoms with Crippen LogP contribution >= 0.6 is 23.4 Å². The molecule has 0 radical (unpaired) electrons. The Morgan fingerprint density at radius 3 is 2.06 bits per heavy atom. The fraction of sp³-hybridized carbons (Fsp3) is 0.286. The van der Waals surface area contributed by atoms with E-state index in [-0.39, 0.29) is 5.41 Å². The number of rotatable bonds is 6. The van der Waals surface area contributed by atoms with Gasteiger partial charge in [-0.3, -0.25) is 4.57 Å². The van der Waals surface area contributed by atoms with E-state index in [1.165, 1.54) is 16.7 Å². The van der Waals surface area contributed by atoms with Crippen LogP contribution in [-0.4, -0.2) is 14.8 Å². The van der Waals surface area contributed by atoms with Crippen LogP contribution in [0.25, 0.3) is 17.1 Å². The second-order valence-electron chi connectivity index (χ2n) is 9.63. The zero-order valence-corrected chi connectivity index (χ0v) is 21.4. The van der Waals surface area contributed by atoms with E-state index >= 15 is 0 Å². The van der Waals surface area contributed by atoms with E-state index < -0.39 is 0 Å². The highest BCUT2D eigenvalue weighted by Gasteiger charge is 2.18. The van der Waals surface area contributed by atoms with Gasteiger partial charge in [0, 0.05) is 22.0 Å². The molecule has 0 atom stereocenters. The van der Waals surface area contributed by atoms with E-state index in [1.807, 2.05) is 12.1 Å². The van der Waals surface area contributed by atoms with Crippen LogP contribution in [0.5, 0.6) is 0 Å². The highest BCUT2D eigenvalue weighted by atomic mass is 35.5. The molecule has 0 saturated heterocycles. The van der Waals surface area contributed by atoms with Crippen LogP contribution in [0.3, 0.4) is 0 Å². The zero-order valence-electron chi connectivity index (χ0n) is 19.8. The second kappa shape index (κ2) is 9.74. The van der Waals surface area contributed by atoms with Crippen LogP contribution in [0, 0.1) is 0 Å². The third kappa shape index (κ3) is 5.51. The summed E-state index contributed by atoms with van der Waals surface area (Å²) in [5, 5.41) is 10.8. The van der Waals surface area contributed by atoms with Crippen molar-refractivity contribution in [1.29, 1.82) is 0 Å².